The molecule has 1 rings (SSSR count). The quantitative estimate of drug-likeness (QED) is 0.709. The van der Waals surface area contributed by atoms with Crippen molar-refractivity contribution in [2.45, 2.75) is 32.2 Å². The molecule has 0 radical (unpaired) electrons. The van der Waals surface area contributed by atoms with Crippen LogP contribution in [-0.2, 0) is 11.2 Å². The molecule has 0 aliphatic carbocycles. The fourth-order valence-electron chi connectivity index (χ4n) is 1.47. The van der Waals surface area contributed by atoms with E-state index in [1.807, 2.05) is 13.2 Å². The van der Waals surface area contributed by atoms with Crippen molar-refractivity contribution >= 4 is 5.78 Å². The van der Waals surface area contributed by atoms with Gasteiger partial charge in [0.25, 0.3) is 0 Å². The van der Waals surface area contributed by atoms with Crippen molar-refractivity contribution in [2.75, 3.05) is 7.05 Å². The van der Waals surface area contributed by atoms with Crippen molar-refractivity contribution in [3.8, 4) is 0 Å². The first-order valence-corrected chi connectivity index (χ1v) is 4.89. The minimum atomic E-state index is -0.00192. The highest BCUT2D eigenvalue weighted by Crippen LogP contribution is 2.03. The van der Waals surface area contributed by atoms with Gasteiger partial charge in [0.05, 0.1) is 12.4 Å². The Morgan fingerprint density at radius 1 is 1.71 bits per heavy atom. The summed E-state index contributed by atoms with van der Waals surface area (Å²) in [5.41, 5.74) is 1.13. The van der Waals surface area contributed by atoms with Gasteiger partial charge < -0.3 is 10.3 Å². The van der Waals surface area contributed by atoms with E-state index in [1.165, 1.54) is 0 Å². The van der Waals surface area contributed by atoms with Gasteiger partial charge in [-0.2, -0.15) is 0 Å². The number of aryl methyl sites for hydroxylation is 1. The molecule has 4 nitrogen and oxygen atoms in total. The van der Waals surface area contributed by atoms with Crippen LogP contribution in [0.15, 0.2) is 12.5 Å². The number of carbonyl (C=O) groups excluding carboxylic acids is 1. The van der Waals surface area contributed by atoms with Crippen molar-refractivity contribution < 1.29 is 4.79 Å². The van der Waals surface area contributed by atoms with Crippen LogP contribution in [0, 0.1) is 0 Å². The van der Waals surface area contributed by atoms with Crippen LogP contribution < -0.4 is 5.32 Å². The standard InChI is InChI=1S/C10H17N3O/c1-8(14)10(11-2)5-3-4-9-6-12-7-13-9/h6-7,10-11H,3-5H2,1-2H3,(H,12,13). The van der Waals surface area contributed by atoms with Gasteiger partial charge in [-0.25, -0.2) is 4.98 Å². The molecular weight excluding hydrogens is 178 g/mol. The predicted octanol–water partition coefficient (Wildman–Crippen LogP) is 0.909. The molecule has 1 aromatic rings. The Kier molecular flexibility index (Phi) is 4.32. The summed E-state index contributed by atoms with van der Waals surface area (Å²) in [4.78, 5) is 18.1. The number of carbonyl (C=O) groups is 1. The molecule has 0 bridgehead atoms. The van der Waals surface area contributed by atoms with Gasteiger partial charge in [0.1, 0.15) is 5.78 Å². The summed E-state index contributed by atoms with van der Waals surface area (Å²) in [5.74, 6) is 0.206. The number of hydrogen-bond acceptors (Lipinski definition) is 3. The Morgan fingerprint density at radius 2 is 2.50 bits per heavy atom. The number of aromatic amines is 1. The molecule has 0 fully saturated rings. The predicted molar refractivity (Wildman–Crippen MR) is 55.1 cm³/mol. The van der Waals surface area contributed by atoms with Gasteiger partial charge in [0.2, 0.25) is 0 Å². The number of aromatic nitrogens is 2. The first-order chi connectivity index (χ1) is 6.74. The average molecular weight is 195 g/mol. The van der Waals surface area contributed by atoms with Gasteiger partial charge in [-0.05, 0) is 33.2 Å². The monoisotopic (exact) mass is 195 g/mol. The first kappa shape index (κ1) is 10.9. The largest absolute Gasteiger partial charge is 0.348 e. The molecule has 1 atom stereocenters. The Bertz CT molecular complexity index is 269. The normalized spacial score (nSPS) is 12.7. The number of imidazole rings is 1. The highest BCUT2D eigenvalue weighted by molar-refractivity contribution is 5.81. The molecule has 1 aromatic heterocycles. The highest BCUT2D eigenvalue weighted by Gasteiger charge is 2.10. The van der Waals surface area contributed by atoms with Crippen molar-refractivity contribution in [3.05, 3.63) is 18.2 Å². The maximum Gasteiger partial charge on any atom is 0.146 e. The molecule has 2 N–H and O–H groups in total. The van der Waals surface area contributed by atoms with E-state index in [0.717, 1.165) is 25.0 Å². The SMILES string of the molecule is CNC(CCCc1cnc[nH]1)C(C)=O. The fraction of sp³-hybridized carbons (Fsp3) is 0.600. The Hall–Kier alpha value is -1.16. The van der Waals surface area contributed by atoms with Crippen LogP contribution in [-0.4, -0.2) is 28.8 Å². The molecule has 0 saturated heterocycles. The van der Waals surface area contributed by atoms with Gasteiger partial charge in [0, 0.05) is 11.9 Å². The van der Waals surface area contributed by atoms with E-state index in [1.54, 1.807) is 13.3 Å². The van der Waals surface area contributed by atoms with Gasteiger partial charge >= 0.3 is 0 Å². The second kappa shape index (κ2) is 5.54. The summed E-state index contributed by atoms with van der Waals surface area (Å²) in [7, 11) is 1.82. The van der Waals surface area contributed by atoms with Crippen LogP contribution in [0.2, 0.25) is 0 Å². The fourth-order valence-corrected chi connectivity index (χ4v) is 1.47. The summed E-state index contributed by atoms with van der Waals surface area (Å²) >= 11 is 0. The lowest BCUT2D eigenvalue weighted by Gasteiger charge is -2.11. The van der Waals surface area contributed by atoms with Crippen molar-refractivity contribution in [1.82, 2.24) is 15.3 Å². The lowest BCUT2D eigenvalue weighted by Crippen LogP contribution is -2.32. The second-order valence-electron chi connectivity index (χ2n) is 3.42. The lowest BCUT2D eigenvalue weighted by molar-refractivity contribution is -0.119. The maximum absolute atomic E-state index is 11.1. The van der Waals surface area contributed by atoms with E-state index in [4.69, 9.17) is 0 Å². The Morgan fingerprint density at radius 3 is 3.00 bits per heavy atom. The van der Waals surface area contributed by atoms with Crippen LogP contribution in [0.1, 0.15) is 25.5 Å². The highest BCUT2D eigenvalue weighted by atomic mass is 16.1. The molecule has 0 aliphatic rings. The van der Waals surface area contributed by atoms with Crippen LogP contribution in [0.25, 0.3) is 0 Å². The molecule has 0 spiro atoms. The summed E-state index contributed by atoms with van der Waals surface area (Å²) in [6.45, 7) is 1.62. The molecule has 0 aliphatic heterocycles. The molecule has 0 aromatic carbocycles. The number of rotatable bonds is 6. The zero-order valence-electron chi connectivity index (χ0n) is 8.71. The number of nitrogens with zero attached hydrogens (tertiary/aromatic N) is 1. The van der Waals surface area contributed by atoms with E-state index in [-0.39, 0.29) is 11.8 Å². The number of hydrogen-bond donors (Lipinski definition) is 2. The van der Waals surface area contributed by atoms with Crippen molar-refractivity contribution in [3.63, 3.8) is 0 Å². The van der Waals surface area contributed by atoms with E-state index in [9.17, 15) is 4.79 Å². The smallest absolute Gasteiger partial charge is 0.146 e. The lowest BCUT2D eigenvalue weighted by atomic mass is 10.1. The van der Waals surface area contributed by atoms with Crippen LogP contribution in [0.3, 0.4) is 0 Å². The van der Waals surface area contributed by atoms with Crippen LogP contribution in [0.5, 0.6) is 0 Å². The second-order valence-corrected chi connectivity index (χ2v) is 3.42. The molecule has 0 saturated carbocycles. The molecule has 1 heterocycles. The minimum Gasteiger partial charge on any atom is -0.348 e. The van der Waals surface area contributed by atoms with Gasteiger partial charge in [-0.15, -0.1) is 0 Å². The Balaban J connectivity index is 2.23. The molecule has 4 heteroatoms. The van der Waals surface area contributed by atoms with Crippen LogP contribution in [0.4, 0.5) is 0 Å². The van der Waals surface area contributed by atoms with E-state index in [2.05, 4.69) is 15.3 Å². The average Bonchev–Trinajstić information content (AvgIpc) is 2.64. The van der Waals surface area contributed by atoms with Crippen LogP contribution >= 0.6 is 0 Å². The first-order valence-electron chi connectivity index (χ1n) is 4.89. The van der Waals surface area contributed by atoms with E-state index < -0.39 is 0 Å². The number of H-pyrrole nitrogens is 1. The van der Waals surface area contributed by atoms with Gasteiger partial charge in [-0.1, -0.05) is 0 Å². The molecular formula is C10H17N3O. The third-order valence-electron chi connectivity index (χ3n) is 2.33. The number of likely N-dealkylation sites (N-methyl/N-ethyl adjacent to an activating group) is 1. The topological polar surface area (TPSA) is 57.8 Å². The third kappa shape index (κ3) is 3.30. The number of Topliss-reactive ketones (excluding diaryl/α,β-unsaturated/α-hetero) is 1. The molecule has 1 unspecified atom stereocenters. The summed E-state index contributed by atoms with van der Waals surface area (Å²) < 4.78 is 0. The zero-order chi connectivity index (χ0) is 10.4. The minimum absolute atomic E-state index is 0.00192. The van der Waals surface area contributed by atoms with E-state index >= 15 is 0 Å². The van der Waals surface area contributed by atoms with Gasteiger partial charge in [-0.3, -0.25) is 4.79 Å². The maximum atomic E-state index is 11.1. The van der Waals surface area contributed by atoms with E-state index in [0.29, 0.717) is 0 Å². The zero-order valence-corrected chi connectivity index (χ0v) is 8.71. The summed E-state index contributed by atoms with van der Waals surface area (Å²) in [6.07, 6.45) is 6.32. The van der Waals surface area contributed by atoms with Crippen molar-refractivity contribution in [2.24, 2.45) is 0 Å². The Labute approximate surface area is 84.1 Å². The summed E-state index contributed by atoms with van der Waals surface area (Å²) in [5, 5.41) is 3.01. The molecule has 0 amide bonds. The number of ketones is 1. The number of nitrogens with one attached hydrogen (secondary N) is 2. The van der Waals surface area contributed by atoms with Gasteiger partial charge in [0.15, 0.2) is 0 Å². The molecule has 14 heavy (non-hydrogen) atoms. The third-order valence-corrected chi connectivity index (χ3v) is 2.33. The summed E-state index contributed by atoms with van der Waals surface area (Å²) in [6, 6.07) is -0.00192. The van der Waals surface area contributed by atoms with Crippen molar-refractivity contribution in [1.29, 1.82) is 0 Å². The molecule has 78 valence electrons.